The lowest BCUT2D eigenvalue weighted by molar-refractivity contribution is 1.12. The fraction of sp³-hybridized carbons (Fsp3) is 0.500. The third-order valence-corrected chi connectivity index (χ3v) is 1.23. The lowest BCUT2D eigenvalue weighted by Crippen LogP contribution is -2.15. The Bertz CT molecular complexity index is 55.1. The van der Waals surface area contributed by atoms with Crippen LogP contribution in [0, 0.1) is 12.3 Å². The maximum absolute atomic E-state index is 4.92. The summed E-state index contributed by atoms with van der Waals surface area (Å²) in [4.78, 5) is 3.10. The molecule has 0 aromatic heterocycles. The number of rotatable bonds is 2. The van der Waals surface area contributed by atoms with Gasteiger partial charge in [0.2, 0.25) is 0 Å². The van der Waals surface area contributed by atoms with Crippen molar-refractivity contribution in [3.05, 3.63) is 0 Å². The number of nitrogens with one attached hydrogen (secondary N) is 1. The van der Waals surface area contributed by atoms with Gasteiger partial charge in [-0.25, -0.2) is 0 Å². The van der Waals surface area contributed by atoms with Gasteiger partial charge in [-0.05, 0) is 0 Å². The van der Waals surface area contributed by atoms with E-state index in [0.29, 0.717) is 0 Å². The van der Waals surface area contributed by atoms with Crippen LogP contribution in [0.2, 0.25) is 6.55 Å². The zero-order valence-corrected chi connectivity index (χ0v) is 5.41. The molecule has 0 saturated heterocycles. The van der Waals surface area contributed by atoms with Gasteiger partial charge in [-0.2, -0.15) is 0 Å². The lowest BCUT2D eigenvalue weighted by Gasteiger charge is -1.85. The van der Waals surface area contributed by atoms with Gasteiger partial charge in [-0.3, -0.25) is 0 Å². The molecule has 1 N–H and O–H groups in total. The predicted molar refractivity (Wildman–Crippen MR) is 31.2 cm³/mol. The second kappa shape index (κ2) is 4.74. The smallest absolute Gasteiger partial charge is 0.0896 e. The van der Waals surface area contributed by atoms with Crippen LogP contribution in [-0.2, 0) is 0 Å². The molecule has 0 heterocycles. The minimum Gasteiger partial charge on any atom is -0.333 e. The molecular weight excluding hydrogens is 90.1 g/mol. The molecule has 0 aliphatic heterocycles. The summed E-state index contributed by atoms with van der Waals surface area (Å²) >= 11 is 0. The quantitative estimate of drug-likeness (QED) is 0.275. The van der Waals surface area contributed by atoms with Crippen molar-refractivity contribution in [2.45, 2.75) is 6.55 Å². The molecule has 2 heteroatoms. The van der Waals surface area contributed by atoms with Crippen molar-refractivity contribution in [1.82, 2.24) is 4.98 Å². The molecule has 0 aromatic rings. The maximum atomic E-state index is 4.92. The molecule has 1 nitrogen and oxygen atoms in total. The summed E-state index contributed by atoms with van der Waals surface area (Å²) < 4.78 is 0. The van der Waals surface area contributed by atoms with E-state index < -0.39 is 0 Å². The number of terminal acetylenes is 1. The first-order valence-electron chi connectivity index (χ1n) is 2.06. The Morgan fingerprint density at radius 1 is 2.00 bits per heavy atom. The molecule has 0 aliphatic carbocycles. The molecule has 0 unspecified atom stereocenters. The topological polar surface area (TPSA) is 12.0 Å². The molecule has 0 amide bonds. The lowest BCUT2D eigenvalue weighted by atomic mass is 10.7. The minimum absolute atomic E-state index is 0.0105. The summed E-state index contributed by atoms with van der Waals surface area (Å²) in [6.45, 7) is 2.92. The molecule has 0 aliphatic rings. The van der Waals surface area contributed by atoms with Gasteiger partial charge in [0.15, 0.2) is 0 Å². The van der Waals surface area contributed by atoms with E-state index in [9.17, 15) is 0 Å². The van der Waals surface area contributed by atoms with E-state index in [-0.39, 0.29) is 9.68 Å². The van der Waals surface area contributed by atoms with Crippen LogP contribution in [0.25, 0.3) is 0 Å². The Morgan fingerprint density at radius 2 is 2.67 bits per heavy atom. The standard InChI is InChI=1S/C4H9NSi/c1-3-4-5-6-2/h1,5H,4,6H2,2H3. The van der Waals surface area contributed by atoms with Gasteiger partial charge in [-0.15, -0.1) is 6.42 Å². The van der Waals surface area contributed by atoms with Gasteiger partial charge in [-0.1, -0.05) is 12.5 Å². The highest BCUT2D eigenvalue weighted by atomic mass is 28.2. The summed E-state index contributed by atoms with van der Waals surface area (Å²) in [5, 5.41) is 0. The van der Waals surface area contributed by atoms with Gasteiger partial charge in [0.05, 0.1) is 16.2 Å². The Morgan fingerprint density at radius 3 is 2.83 bits per heavy atom. The first kappa shape index (κ1) is 5.74. The summed E-state index contributed by atoms with van der Waals surface area (Å²) in [6, 6.07) is 0. The summed E-state index contributed by atoms with van der Waals surface area (Å²) in [7, 11) is 0.0105. The van der Waals surface area contributed by atoms with Crippen LogP contribution >= 0.6 is 0 Å². The van der Waals surface area contributed by atoms with Crippen molar-refractivity contribution in [3.63, 3.8) is 0 Å². The first-order chi connectivity index (χ1) is 2.91. The summed E-state index contributed by atoms with van der Waals surface area (Å²) in [6.07, 6.45) is 4.92. The van der Waals surface area contributed by atoms with Crippen LogP contribution in [0.5, 0.6) is 0 Å². The molecule has 0 fully saturated rings. The average Bonchev–Trinajstić information content (AvgIpc) is 1.61. The average molecular weight is 99.2 g/mol. The van der Waals surface area contributed by atoms with E-state index in [1.54, 1.807) is 0 Å². The van der Waals surface area contributed by atoms with Gasteiger partial charge >= 0.3 is 0 Å². The van der Waals surface area contributed by atoms with Crippen LogP contribution in [0.4, 0.5) is 0 Å². The van der Waals surface area contributed by atoms with Crippen molar-refractivity contribution < 1.29 is 0 Å². The Kier molecular flexibility index (Phi) is 4.53. The van der Waals surface area contributed by atoms with Crippen LogP contribution < -0.4 is 4.98 Å². The summed E-state index contributed by atoms with van der Waals surface area (Å²) in [5.41, 5.74) is 0. The van der Waals surface area contributed by atoms with Gasteiger partial charge in [0, 0.05) is 0 Å². The van der Waals surface area contributed by atoms with Gasteiger partial charge < -0.3 is 4.98 Å². The van der Waals surface area contributed by atoms with Crippen LogP contribution in [0.3, 0.4) is 0 Å². The zero-order valence-electron chi connectivity index (χ0n) is 3.99. The highest BCUT2D eigenvalue weighted by molar-refractivity contribution is 6.30. The van der Waals surface area contributed by atoms with E-state index in [2.05, 4.69) is 17.4 Å². The Hall–Kier alpha value is -0.263. The molecular formula is C4H9NSi. The van der Waals surface area contributed by atoms with Crippen molar-refractivity contribution in [2.24, 2.45) is 0 Å². The van der Waals surface area contributed by atoms with Crippen LogP contribution in [0.1, 0.15) is 0 Å². The van der Waals surface area contributed by atoms with Crippen molar-refractivity contribution in [1.29, 1.82) is 0 Å². The minimum atomic E-state index is 0.0105. The fourth-order valence-electron chi connectivity index (χ4n) is 0.197. The van der Waals surface area contributed by atoms with E-state index in [1.165, 1.54) is 0 Å². The van der Waals surface area contributed by atoms with Crippen molar-refractivity contribution in [2.75, 3.05) is 6.54 Å². The van der Waals surface area contributed by atoms with E-state index in [1.807, 2.05) is 0 Å². The van der Waals surface area contributed by atoms with E-state index in [4.69, 9.17) is 6.42 Å². The highest BCUT2D eigenvalue weighted by Gasteiger charge is 1.68. The second-order valence-corrected chi connectivity index (χ2v) is 2.19. The maximum Gasteiger partial charge on any atom is 0.0896 e. The monoisotopic (exact) mass is 99.1 g/mol. The molecule has 0 saturated carbocycles. The normalized spacial score (nSPS) is 9.33. The van der Waals surface area contributed by atoms with E-state index in [0.717, 1.165) is 6.54 Å². The molecule has 0 aromatic carbocycles. The Labute approximate surface area is 41.0 Å². The van der Waals surface area contributed by atoms with Gasteiger partial charge in [0.25, 0.3) is 0 Å². The highest BCUT2D eigenvalue weighted by Crippen LogP contribution is 1.46. The number of hydrogen-bond acceptors (Lipinski definition) is 1. The fourth-order valence-corrected chi connectivity index (χ4v) is 0.592. The predicted octanol–water partition coefficient (Wildman–Crippen LogP) is -0.659. The summed E-state index contributed by atoms with van der Waals surface area (Å²) in [5.74, 6) is 2.49. The van der Waals surface area contributed by atoms with Crippen LogP contribution in [-0.4, -0.2) is 16.2 Å². The molecule has 34 valence electrons. The van der Waals surface area contributed by atoms with Crippen LogP contribution in [0.15, 0.2) is 0 Å². The van der Waals surface area contributed by atoms with Crippen molar-refractivity contribution >= 4 is 9.68 Å². The molecule has 0 atom stereocenters. The largest absolute Gasteiger partial charge is 0.333 e. The Balaban J connectivity index is 2.54. The van der Waals surface area contributed by atoms with Crippen molar-refractivity contribution in [3.8, 4) is 12.3 Å². The van der Waals surface area contributed by atoms with E-state index >= 15 is 0 Å². The molecule has 0 rings (SSSR count). The zero-order chi connectivity index (χ0) is 4.83. The number of hydrogen-bond donors (Lipinski definition) is 1. The molecule has 0 radical (unpaired) electrons. The molecule has 0 bridgehead atoms. The first-order valence-corrected chi connectivity index (χ1v) is 4.18. The second-order valence-electron chi connectivity index (χ2n) is 0.984. The third kappa shape index (κ3) is 3.74. The molecule has 0 spiro atoms. The van der Waals surface area contributed by atoms with Gasteiger partial charge in [0.1, 0.15) is 0 Å². The molecule has 6 heavy (non-hydrogen) atoms. The third-order valence-electron chi connectivity index (χ3n) is 0.477. The SMILES string of the molecule is C#CCN[SiH2]C.